The second kappa shape index (κ2) is 3.78. The number of carbonyl (C=O) groups is 1. The molecule has 1 unspecified atom stereocenters. The van der Waals surface area contributed by atoms with E-state index in [-0.39, 0.29) is 11.9 Å². The van der Waals surface area contributed by atoms with Gasteiger partial charge in [0.2, 0.25) is 5.91 Å². The lowest BCUT2D eigenvalue weighted by atomic mass is 10.0. The van der Waals surface area contributed by atoms with Crippen LogP contribution in [0.25, 0.3) is 0 Å². The third kappa shape index (κ3) is 1.74. The lowest BCUT2D eigenvalue weighted by molar-refractivity contribution is -0.121. The number of piperazine rings is 1. The van der Waals surface area contributed by atoms with Gasteiger partial charge in [0.05, 0.1) is 5.71 Å². The molecule has 1 saturated heterocycles. The molecule has 0 saturated carbocycles. The van der Waals surface area contributed by atoms with Gasteiger partial charge in [-0.15, -0.1) is 0 Å². The molecular weight excluding hydrogens is 216 g/mol. The summed E-state index contributed by atoms with van der Waals surface area (Å²) in [6.07, 6.45) is 2.39. The Morgan fingerprint density at radius 3 is 3.12 bits per heavy atom. The minimum Gasteiger partial charge on any atom is -0.327 e. The molecular formula is C12H12N4O. The van der Waals surface area contributed by atoms with Crippen LogP contribution in [0.3, 0.4) is 0 Å². The third-order valence-electron chi connectivity index (χ3n) is 2.90. The first kappa shape index (κ1) is 10.2. The molecule has 86 valence electrons. The number of rotatable bonds is 1. The van der Waals surface area contributed by atoms with Gasteiger partial charge in [0, 0.05) is 30.4 Å². The summed E-state index contributed by atoms with van der Waals surface area (Å²) in [5, 5.41) is 5.86. The zero-order chi connectivity index (χ0) is 11.8. The van der Waals surface area contributed by atoms with Gasteiger partial charge in [-0.05, 0) is 6.07 Å². The van der Waals surface area contributed by atoms with Gasteiger partial charge >= 0.3 is 0 Å². The number of carbonyl (C=O) groups excluding carboxylic acids is 1. The lowest BCUT2D eigenvalue weighted by Gasteiger charge is -2.24. The number of aromatic nitrogens is 1. The normalized spacial score (nSPS) is 23.1. The molecule has 1 aromatic rings. The van der Waals surface area contributed by atoms with Crippen LogP contribution < -0.4 is 10.6 Å². The Morgan fingerprint density at radius 2 is 2.35 bits per heavy atom. The van der Waals surface area contributed by atoms with Crippen LogP contribution in [0, 0.1) is 0 Å². The Labute approximate surface area is 98.7 Å². The molecule has 3 rings (SSSR count). The third-order valence-corrected chi connectivity index (χ3v) is 2.90. The SMILES string of the molecule is C=C1CNC(C2=Nc3ncccc3C2)C(=O)N1. The van der Waals surface area contributed by atoms with Gasteiger partial charge in [-0.1, -0.05) is 12.6 Å². The first-order valence-electron chi connectivity index (χ1n) is 5.47. The predicted octanol–water partition coefficient (Wildman–Crippen LogP) is 0.312. The zero-order valence-electron chi connectivity index (χ0n) is 9.23. The molecule has 1 amide bonds. The molecule has 0 bridgehead atoms. The number of pyridine rings is 1. The highest BCUT2D eigenvalue weighted by Gasteiger charge is 2.31. The van der Waals surface area contributed by atoms with Crippen LogP contribution in [0.4, 0.5) is 5.82 Å². The lowest BCUT2D eigenvalue weighted by Crippen LogP contribution is -2.55. The Balaban J connectivity index is 1.84. The van der Waals surface area contributed by atoms with Crippen molar-refractivity contribution in [3.05, 3.63) is 36.2 Å². The van der Waals surface area contributed by atoms with Crippen molar-refractivity contribution in [3.8, 4) is 0 Å². The first-order chi connectivity index (χ1) is 8.24. The van der Waals surface area contributed by atoms with Crippen LogP contribution in [0.5, 0.6) is 0 Å². The Hall–Kier alpha value is -2.01. The van der Waals surface area contributed by atoms with Crippen molar-refractivity contribution in [3.63, 3.8) is 0 Å². The number of nitrogens with one attached hydrogen (secondary N) is 2. The van der Waals surface area contributed by atoms with E-state index in [1.165, 1.54) is 0 Å². The van der Waals surface area contributed by atoms with Gasteiger partial charge < -0.3 is 5.32 Å². The number of hydrogen-bond acceptors (Lipinski definition) is 4. The summed E-state index contributed by atoms with van der Waals surface area (Å²) in [4.78, 5) is 20.4. The van der Waals surface area contributed by atoms with Crippen LogP contribution >= 0.6 is 0 Å². The number of amides is 1. The minimum absolute atomic E-state index is 0.0900. The Kier molecular flexibility index (Phi) is 2.26. The highest BCUT2D eigenvalue weighted by Crippen LogP contribution is 2.24. The molecule has 0 radical (unpaired) electrons. The maximum absolute atomic E-state index is 11.8. The van der Waals surface area contributed by atoms with Crippen molar-refractivity contribution in [2.24, 2.45) is 4.99 Å². The van der Waals surface area contributed by atoms with E-state index in [1.807, 2.05) is 12.1 Å². The highest BCUT2D eigenvalue weighted by atomic mass is 16.2. The molecule has 0 spiro atoms. The fourth-order valence-corrected chi connectivity index (χ4v) is 2.08. The van der Waals surface area contributed by atoms with Crippen molar-refractivity contribution in [1.29, 1.82) is 0 Å². The van der Waals surface area contributed by atoms with E-state index < -0.39 is 0 Å². The second-order valence-corrected chi connectivity index (χ2v) is 4.17. The fraction of sp³-hybridized carbons (Fsp3) is 0.250. The summed E-state index contributed by atoms with van der Waals surface area (Å²) in [5.41, 5.74) is 2.59. The molecule has 17 heavy (non-hydrogen) atoms. The van der Waals surface area contributed by atoms with E-state index in [4.69, 9.17) is 0 Å². The molecule has 2 N–H and O–H groups in total. The minimum atomic E-state index is -0.366. The average Bonchev–Trinajstić information content (AvgIpc) is 2.72. The van der Waals surface area contributed by atoms with Crippen molar-refractivity contribution in [2.75, 3.05) is 6.54 Å². The molecule has 1 fully saturated rings. The fourth-order valence-electron chi connectivity index (χ4n) is 2.08. The topological polar surface area (TPSA) is 66.4 Å². The Bertz CT molecular complexity index is 535. The summed E-state index contributed by atoms with van der Waals surface area (Å²) in [6, 6.07) is 3.50. The van der Waals surface area contributed by atoms with Crippen molar-refractivity contribution < 1.29 is 4.79 Å². The largest absolute Gasteiger partial charge is 0.327 e. The van der Waals surface area contributed by atoms with Crippen molar-refractivity contribution in [2.45, 2.75) is 12.5 Å². The molecule has 0 aliphatic carbocycles. The molecule has 5 heteroatoms. The predicted molar refractivity (Wildman–Crippen MR) is 64.1 cm³/mol. The van der Waals surface area contributed by atoms with Gasteiger partial charge in [0.1, 0.15) is 6.04 Å². The average molecular weight is 228 g/mol. The summed E-state index contributed by atoms with van der Waals surface area (Å²) >= 11 is 0. The van der Waals surface area contributed by atoms with Gasteiger partial charge in [-0.3, -0.25) is 10.1 Å². The number of fused-ring (bicyclic) bond motifs is 1. The number of aliphatic imine (C=N–C) groups is 1. The van der Waals surface area contributed by atoms with E-state index in [0.717, 1.165) is 17.1 Å². The van der Waals surface area contributed by atoms with Crippen molar-refractivity contribution in [1.82, 2.24) is 15.6 Å². The molecule has 1 atom stereocenters. The van der Waals surface area contributed by atoms with Crippen LogP contribution in [-0.4, -0.2) is 29.2 Å². The summed E-state index contributed by atoms with van der Waals surface area (Å²) in [7, 11) is 0. The standard InChI is InChI=1S/C12H12N4O/c1-7-6-14-10(12(17)15-7)9-5-8-3-2-4-13-11(8)16-9/h2-4,10,14H,1,5-6H2,(H,15,17). The van der Waals surface area contributed by atoms with Crippen LogP contribution in [0.1, 0.15) is 5.56 Å². The summed E-state index contributed by atoms with van der Waals surface area (Å²) in [5.74, 6) is 0.634. The van der Waals surface area contributed by atoms with Gasteiger partial charge in [0.25, 0.3) is 0 Å². The quantitative estimate of drug-likeness (QED) is 0.727. The number of nitrogens with zero attached hydrogens (tertiary/aromatic N) is 2. The molecule has 2 aliphatic heterocycles. The van der Waals surface area contributed by atoms with Gasteiger partial charge in [-0.2, -0.15) is 0 Å². The van der Waals surface area contributed by atoms with Crippen LogP contribution in [0.15, 0.2) is 35.6 Å². The van der Waals surface area contributed by atoms with Gasteiger partial charge in [0.15, 0.2) is 5.82 Å². The molecule has 3 heterocycles. The maximum Gasteiger partial charge on any atom is 0.247 e. The summed E-state index contributed by atoms with van der Waals surface area (Å²) in [6.45, 7) is 4.30. The highest BCUT2D eigenvalue weighted by molar-refractivity contribution is 6.12. The van der Waals surface area contributed by atoms with E-state index in [9.17, 15) is 4.79 Å². The van der Waals surface area contributed by atoms with E-state index in [2.05, 4.69) is 27.2 Å². The van der Waals surface area contributed by atoms with E-state index in [0.29, 0.717) is 18.7 Å². The smallest absolute Gasteiger partial charge is 0.247 e. The molecule has 1 aromatic heterocycles. The molecule has 0 aromatic carbocycles. The van der Waals surface area contributed by atoms with Crippen molar-refractivity contribution >= 4 is 17.4 Å². The zero-order valence-corrected chi connectivity index (χ0v) is 9.23. The van der Waals surface area contributed by atoms with E-state index >= 15 is 0 Å². The molecule has 5 nitrogen and oxygen atoms in total. The maximum atomic E-state index is 11.8. The first-order valence-corrected chi connectivity index (χ1v) is 5.47. The van der Waals surface area contributed by atoms with E-state index in [1.54, 1.807) is 6.20 Å². The van der Waals surface area contributed by atoms with Crippen LogP contribution in [0.2, 0.25) is 0 Å². The summed E-state index contributed by atoms with van der Waals surface area (Å²) < 4.78 is 0. The second-order valence-electron chi connectivity index (χ2n) is 4.17. The Morgan fingerprint density at radius 1 is 1.47 bits per heavy atom. The van der Waals surface area contributed by atoms with Crippen LogP contribution in [-0.2, 0) is 11.2 Å². The van der Waals surface area contributed by atoms with Gasteiger partial charge in [-0.25, -0.2) is 9.98 Å². The molecule has 2 aliphatic rings. The number of hydrogen-bond donors (Lipinski definition) is 2. The monoisotopic (exact) mass is 228 g/mol.